The molecule has 0 bridgehead atoms. The molecule has 2 amide bonds. The zero-order valence-electron chi connectivity index (χ0n) is 23.4. The van der Waals surface area contributed by atoms with Gasteiger partial charge in [-0.05, 0) is 54.2 Å². The summed E-state index contributed by atoms with van der Waals surface area (Å²) in [4.78, 5) is 35.9. The van der Waals surface area contributed by atoms with E-state index in [0.29, 0.717) is 26.1 Å². The minimum atomic E-state index is -0.0240. The topological polar surface area (TPSA) is 59.7 Å². The van der Waals surface area contributed by atoms with Crippen molar-refractivity contribution >= 4 is 28.4 Å². The SMILES string of the molecule is CCCC(=O)N(CCc1ccccc1)CC(=O)N(CCc1c[nH]c2ccccc12)Cc1ccc(N(C)C)cc1. The summed E-state index contributed by atoms with van der Waals surface area (Å²) in [6, 6.07) is 26.7. The van der Waals surface area contributed by atoms with Gasteiger partial charge >= 0.3 is 0 Å². The van der Waals surface area contributed by atoms with Gasteiger partial charge in [0.2, 0.25) is 11.8 Å². The van der Waals surface area contributed by atoms with E-state index >= 15 is 0 Å². The molecule has 0 saturated heterocycles. The van der Waals surface area contributed by atoms with Gasteiger partial charge in [0.25, 0.3) is 0 Å². The van der Waals surface area contributed by atoms with Crippen LogP contribution in [0.15, 0.2) is 85.1 Å². The zero-order chi connectivity index (χ0) is 27.6. The Hall–Kier alpha value is -4.06. The van der Waals surface area contributed by atoms with E-state index in [2.05, 4.69) is 58.4 Å². The fraction of sp³-hybridized carbons (Fsp3) is 0.333. The molecule has 4 aromatic rings. The first-order valence-corrected chi connectivity index (χ1v) is 13.9. The second kappa shape index (κ2) is 13.7. The summed E-state index contributed by atoms with van der Waals surface area (Å²) in [5.74, 6) is 0.0118. The molecule has 1 aromatic heterocycles. The van der Waals surface area contributed by atoms with Crippen LogP contribution in [0.2, 0.25) is 0 Å². The molecule has 3 aromatic carbocycles. The molecule has 39 heavy (non-hydrogen) atoms. The average Bonchev–Trinajstić information content (AvgIpc) is 3.37. The Balaban J connectivity index is 1.51. The summed E-state index contributed by atoms with van der Waals surface area (Å²) in [6.45, 7) is 3.70. The molecule has 0 unspecified atom stereocenters. The summed E-state index contributed by atoms with van der Waals surface area (Å²) in [5.41, 5.74) is 5.64. The largest absolute Gasteiger partial charge is 0.378 e. The first kappa shape index (κ1) is 28.0. The molecule has 0 atom stereocenters. The number of hydrogen-bond acceptors (Lipinski definition) is 3. The van der Waals surface area contributed by atoms with Crippen molar-refractivity contribution < 1.29 is 9.59 Å². The number of carbonyl (C=O) groups is 2. The predicted octanol–water partition coefficient (Wildman–Crippen LogP) is 5.68. The van der Waals surface area contributed by atoms with E-state index in [1.807, 2.05) is 62.4 Å². The first-order chi connectivity index (χ1) is 18.9. The standard InChI is InChI=1S/C33H40N4O2/c1-4-10-32(38)37(21-19-26-11-6-5-7-12-26)25-33(39)36(24-27-15-17-29(18-16-27)35(2)3)22-20-28-23-34-31-14-9-8-13-30(28)31/h5-9,11-18,23,34H,4,10,19-22,24-25H2,1-3H3. The molecule has 204 valence electrons. The third kappa shape index (κ3) is 7.73. The molecule has 4 rings (SSSR count). The maximum atomic E-state index is 13.8. The summed E-state index contributed by atoms with van der Waals surface area (Å²) in [6.07, 6.45) is 4.71. The van der Waals surface area contributed by atoms with Crippen LogP contribution >= 0.6 is 0 Å². The number of benzene rings is 3. The summed E-state index contributed by atoms with van der Waals surface area (Å²) in [5, 5.41) is 1.18. The number of nitrogens with one attached hydrogen (secondary N) is 1. The van der Waals surface area contributed by atoms with Gasteiger partial charge in [-0.15, -0.1) is 0 Å². The van der Waals surface area contributed by atoms with Crippen molar-refractivity contribution in [1.29, 1.82) is 0 Å². The Bertz CT molecular complexity index is 1350. The molecule has 0 aliphatic rings. The van der Waals surface area contributed by atoms with E-state index < -0.39 is 0 Å². The van der Waals surface area contributed by atoms with Crippen molar-refractivity contribution in [3.05, 3.63) is 102 Å². The monoisotopic (exact) mass is 524 g/mol. The van der Waals surface area contributed by atoms with Gasteiger partial charge in [0.1, 0.15) is 0 Å². The lowest BCUT2D eigenvalue weighted by Crippen LogP contribution is -2.44. The maximum absolute atomic E-state index is 13.8. The Labute approximate surface area is 232 Å². The van der Waals surface area contributed by atoms with Gasteiger partial charge < -0.3 is 19.7 Å². The Morgan fingerprint density at radius 3 is 2.15 bits per heavy atom. The molecule has 6 heteroatoms. The molecular weight excluding hydrogens is 484 g/mol. The minimum absolute atomic E-state index is 0.0240. The van der Waals surface area contributed by atoms with Gasteiger partial charge in [0.05, 0.1) is 6.54 Å². The molecule has 0 fully saturated rings. The highest BCUT2D eigenvalue weighted by atomic mass is 16.2. The first-order valence-electron chi connectivity index (χ1n) is 13.9. The second-order valence-electron chi connectivity index (χ2n) is 10.3. The van der Waals surface area contributed by atoms with E-state index in [4.69, 9.17) is 0 Å². The third-order valence-corrected chi connectivity index (χ3v) is 7.16. The number of hydrogen-bond donors (Lipinski definition) is 1. The smallest absolute Gasteiger partial charge is 0.242 e. The number of H-pyrrole nitrogens is 1. The lowest BCUT2D eigenvalue weighted by atomic mass is 10.1. The van der Waals surface area contributed by atoms with E-state index in [1.165, 1.54) is 10.9 Å². The van der Waals surface area contributed by atoms with E-state index in [0.717, 1.165) is 41.6 Å². The molecule has 0 aliphatic heterocycles. The van der Waals surface area contributed by atoms with Gasteiger partial charge in [0, 0.05) is 62.9 Å². The third-order valence-electron chi connectivity index (χ3n) is 7.16. The van der Waals surface area contributed by atoms with Crippen molar-refractivity contribution in [3.63, 3.8) is 0 Å². The molecule has 0 aliphatic carbocycles. The Morgan fingerprint density at radius 1 is 0.744 bits per heavy atom. The van der Waals surface area contributed by atoms with Crippen LogP contribution in [-0.2, 0) is 29.0 Å². The van der Waals surface area contributed by atoms with E-state index in [1.54, 1.807) is 4.90 Å². The highest BCUT2D eigenvalue weighted by molar-refractivity contribution is 5.85. The minimum Gasteiger partial charge on any atom is -0.378 e. The second-order valence-corrected chi connectivity index (χ2v) is 10.3. The lowest BCUT2D eigenvalue weighted by molar-refractivity contribution is -0.140. The number of aromatic amines is 1. The van der Waals surface area contributed by atoms with Crippen LogP contribution in [0.4, 0.5) is 5.69 Å². The summed E-state index contributed by atoms with van der Waals surface area (Å²) in [7, 11) is 4.03. The van der Waals surface area contributed by atoms with Crippen molar-refractivity contribution in [1.82, 2.24) is 14.8 Å². The van der Waals surface area contributed by atoms with Gasteiger partial charge in [-0.1, -0.05) is 67.6 Å². The number of aromatic nitrogens is 1. The fourth-order valence-corrected chi connectivity index (χ4v) is 4.84. The molecule has 1 N–H and O–H groups in total. The number of para-hydroxylation sites is 1. The van der Waals surface area contributed by atoms with Gasteiger partial charge in [-0.25, -0.2) is 0 Å². The van der Waals surface area contributed by atoms with Crippen molar-refractivity contribution in [3.8, 4) is 0 Å². The zero-order valence-corrected chi connectivity index (χ0v) is 23.4. The molecule has 6 nitrogen and oxygen atoms in total. The van der Waals surface area contributed by atoms with Crippen molar-refractivity contribution in [2.24, 2.45) is 0 Å². The molecule has 0 saturated carbocycles. The highest BCUT2D eigenvalue weighted by Crippen LogP contribution is 2.20. The number of nitrogens with zero attached hydrogens (tertiary/aromatic N) is 3. The number of fused-ring (bicyclic) bond motifs is 1. The van der Waals surface area contributed by atoms with Gasteiger partial charge in [-0.3, -0.25) is 9.59 Å². The Morgan fingerprint density at radius 2 is 1.44 bits per heavy atom. The molecule has 0 spiro atoms. The normalized spacial score (nSPS) is 10.9. The summed E-state index contributed by atoms with van der Waals surface area (Å²) < 4.78 is 0. The van der Waals surface area contributed by atoms with Gasteiger partial charge in [0.15, 0.2) is 0 Å². The number of carbonyl (C=O) groups excluding carboxylic acids is 2. The van der Waals surface area contributed by atoms with Gasteiger partial charge in [-0.2, -0.15) is 0 Å². The van der Waals surface area contributed by atoms with Crippen LogP contribution in [0.3, 0.4) is 0 Å². The quantitative estimate of drug-likeness (QED) is 0.245. The van der Waals surface area contributed by atoms with Crippen LogP contribution in [0.25, 0.3) is 10.9 Å². The van der Waals surface area contributed by atoms with Crippen LogP contribution in [0, 0.1) is 0 Å². The Kier molecular flexibility index (Phi) is 9.79. The number of rotatable bonds is 13. The van der Waals surface area contributed by atoms with Crippen molar-refractivity contribution in [2.75, 3.05) is 38.6 Å². The summed E-state index contributed by atoms with van der Waals surface area (Å²) >= 11 is 0. The number of anilines is 1. The predicted molar refractivity (Wildman–Crippen MR) is 160 cm³/mol. The molecule has 0 radical (unpaired) electrons. The van der Waals surface area contributed by atoms with Crippen LogP contribution in [0.5, 0.6) is 0 Å². The molecular formula is C33H40N4O2. The van der Waals surface area contributed by atoms with E-state index in [-0.39, 0.29) is 18.4 Å². The fourth-order valence-electron chi connectivity index (χ4n) is 4.84. The maximum Gasteiger partial charge on any atom is 0.242 e. The van der Waals surface area contributed by atoms with Crippen LogP contribution in [-0.4, -0.2) is 60.3 Å². The van der Waals surface area contributed by atoms with Crippen LogP contribution in [0.1, 0.15) is 36.5 Å². The average molecular weight is 525 g/mol. The van der Waals surface area contributed by atoms with Crippen molar-refractivity contribution in [2.45, 2.75) is 39.2 Å². The van der Waals surface area contributed by atoms with E-state index in [9.17, 15) is 9.59 Å². The lowest BCUT2D eigenvalue weighted by Gasteiger charge is -2.28. The van der Waals surface area contributed by atoms with Crippen LogP contribution < -0.4 is 4.90 Å². The number of amides is 2. The highest BCUT2D eigenvalue weighted by Gasteiger charge is 2.22. The molecule has 1 heterocycles.